The van der Waals surface area contributed by atoms with E-state index in [2.05, 4.69) is 22.6 Å². The van der Waals surface area contributed by atoms with Crippen molar-refractivity contribution in [3.8, 4) is 11.5 Å². The summed E-state index contributed by atoms with van der Waals surface area (Å²) in [5.74, 6) is 1.45. The highest BCUT2D eigenvalue weighted by Crippen LogP contribution is 2.39. The van der Waals surface area contributed by atoms with Crippen LogP contribution in [0.15, 0.2) is 17.0 Å². The number of methoxy groups -OCH3 is 1. The summed E-state index contributed by atoms with van der Waals surface area (Å²) >= 11 is 9.13. The molecule has 7 heteroatoms. The van der Waals surface area contributed by atoms with Crippen molar-refractivity contribution in [3.63, 3.8) is 0 Å². The molecule has 1 heterocycles. The first-order chi connectivity index (χ1) is 12.5. The van der Waals surface area contributed by atoms with E-state index in [1.807, 2.05) is 30.0 Å². The zero-order valence-electron chi connectivity index (χ0n) is 14.9. The highest BCUT2D eigenvalue weighted by Gasteiger charge is 2.37. The van der Waals surface area contributed by atoms with Gasteiger partial charge in [0.05, 0.1) is 22.2 Å². The molecule has 0 unspecified atom stereocenters. The molecule has 140 valence electrons. The van der Waals surface area contributed by atoms with Crippen LogP contribution < -0.4 is 9.47 Å². The van der Waals surface area contributed by atoms with Gasteiger partial charge in [0.2, 0.25) is 0 Å². The number of hydrogen-bond acceptors (Lipinski definition) is 5. The van der Waals surface area contributed by atoms with E-state index in [1.54, 1.807) is 7.11 Å². The van der Waals surface area contributed by atoms with E-state index in [-0.39, 0.29) is 11.9 Å². The van der Waals surface area contributed by atoms with Crippen molar-refractivity contribution in [1.82, 2.24) is 4.90 Å². The van der Waals surface area contributed by atoms with Crippen LogP contribution in [-0.4, -0.2) is 34.9 Å². The van der Waals surface area contributed by atoms with Crippen LogP contribution >= 0.6 is 46.6 Å². The standard InChI is InChI=1S/C19H22INO3S2/c1-3-24-15-10-12(9-14(20)17(15)23-2)11-16-18(22)21(19(25)26-16)13-7-5-4-6-8-13/h9-11,13H,3-8H2,1-2H3/b16-11+. The van der Waals surface area contributed by atoms with Crippen molar-refractivity contribution >= 4 is 62.9 Å². The molecule has 1 saturated heterocycles. The van der Waals surface area contributed by atoms with Gasteiger partial charge >= 0.3 is 0 Å². The number of nitrogens with zero attached hydrogens (tertiary/aromatic N) is 1. The number of ether oxygens (including phenoxy) is 2. The quantitative estimate of drug-likeness (QED) is 0.313. The van der Waals surface area contributed by atoms with Crippen molar-refractivity contribution in [3.05, 3.63) is 26.2 Å². The molecule has 0 aromatic heterocycles. The lowest BCUT2D eigenvalue weighted by atomic mass is 9.94. The number of hydrogen-bond donors (Lipinski definition) is 0. The van der Waals surface area contributed by atoms with Gasteiger partial charge in [0, 0.05) is 6.04 Å². The average molecular weight is 503 g/mol. The predicted molar refractivity (Wildman–Crippen MR) is 119 cm³/mol. The third-order valence-corrected chi connectivity index (χ3v) is 6.73. The minimum absolute atomic E-state index is 0.0377. The molecule has 2 aliphatic rings. The van der Waals surface area contributed by atoms with Crippen LogP contribution in [0.5, 0.6) is 11.5 Å². The SMILES string of the molecule is CCOc1cc(/C=C2/SC(=S)N(C3CCCCC3)C2=O)cc(I)c1OC. The van der Waals surface area contributed by atoms with Crippen molar-refractivity contribution < 1.29 is 14.3 Å². The minimum Gasteiger partial charge on any atom is -0.492 e. The largest absolute Gasteiger partial charge is 0.492 e. The van der Waals surface area contributed by atoms with E-state index in [0.717, 1.165) is 27.7 Å². The molecule has 4 nitrogen and oxygen atoms in total. The maximum absolute atomic E-state index is 12.9. The van der Waals surface area contributed by atoms with Crippen LogP contribution in [0, 0.1) is 3.57 Å². The maximum Gasteiger partial charge on any atom is 0.266 e. The van der Waals surface area contributed by atoms with Gasteiger partial charge in [0.25, 0.3) is 5.91 Å². The molecular formula is C19H22INO3S2. The summed E-state index contributed by atoms with van der Waals surface area (Å²) in [6, 6.07) is 4.17. The third kappa shape index (κ3) is 4.20. The number of benzene rings is 1. The first-order valence-electron chi connectivity index (χ1n) is 8.82. The van der Waals surface area contributed by atoms with E-state index in [4.69, 9.17) is 21.7 Å². The number of thiocarbonyl (C=S) groups is 1. The first kappa shape index (κ1) is 19.9. The molecule has 3 rings (SSSR count). The van der Waals surface area contributed by atoms with Gasteiger partial charge in [0.15, 0.2) is 11.5 Å². The number of carbonyl (C=O) groups is 1. The van der Waals surface area contributed by atoms with Gasteiger partial charge in [0.1, 0.15) is 4.32 Å². The lowest BCUT2D eigenvalue weighted by Gasteiger charge is -2.29. The Morgan fingerprint density at radius 2 is 2.08 bits per heavy atom. The molecule has 0 bridgehead atoms. The van der Waals surface area contributed by atoms with Crippen LogP contribution in [0.3, 0.4) is 0 Å². The number of thioether (sulfide) groups is 1. The molecule has 0 atom stereocenters. The van der Waals surface area contributed by atoms with Gasteiger partial charge < -0.3 is 9.47 Å². The average Bonchev–Trinajstić information content (AvgIpc) is 2.89. The van der Waals surface area contributed by atoms with Gasteiger partial charge in [-0.3, -0.25) is 9.69 Å². The zero-order valence-corrected chi connectivity index (χ0v) is 18.7. The normalized spacial score (nSPS) is 20.1. The molecule has 26 heavy (non-hydrogen) atoms. The van der Waals surface area contributed by atoms with Crippen LogP contribution in [-0.2, 0) is 4.79 Å². The van der Waals surface area contributed by atoms with E-state index in [0.29, 0.717) is 21.6 Å². The molecule has 1 aliphatic heterocycles. The Morgan fingerprint density at radius 3 is 2.73 bits per heavy atom. The molecule has 1 amide bonds. The monoisotopic (exact) mass is 503 g/mol. The van der Waals surface area contributed by atoms with Gasteiger partial charge in [-0.1, -0.05) is 43.2 Å². The van der Waals surface area contributed by atoms with Gasteiger partial charge in [-0.2, -0.15) is 0 Å². The Bertz CT molecular complexity index is 745. The molecule has 0 spiro atoms. The Kier molecular flexibility index (Phi) is 6.85. The molecule has 0 N–H and O–H groups in total. The van der Waals surface area contributed by atoms with Crippen molar-refractivity contribution in [2.75, 3.05) is 13.7 Å². The topological polar surface area (TPSA) is 38.8 Å². The number of amides is 1. The summed E-state index contributed by atoms with van der Waals surface area (Å²) in [5, 5.41) is 0. The minimum atomic E-state index is 0.0377. The van der Waals surface area contributed by atoms with E-state index in [1.165, 1.54) is 31.0 Å². The molecule has 1 aromatic carbocycles. The maximum atomic E-state index is 12.9. The van der Waals surface area contributed by atoms with Crippen LogP contribution in [0.4, 0.5) is 0 Å². The summed E-state index contributed by atoms with van der Waals surface area (Å²) in [5.41, 5.74) is 0.919. The fourth-order valence-electron chi connectivity index (χ4n) is 3.42. The first-order valence-corrected chi connectivity index (χ1v) is 11.1. The van der Waals surface area contributed by atoms with Gasteiger partial charge in [-0.25, -0.2) is 0 Å². The molecule has 0 radical (unpaired) electrons. The summed E-state index contributed by atoms with van der Waals surface area (Å²) in [6.07, 6.45) is 7.62. The Balaban J connectivity index is 1.88. The van der Waals surface area contributed by atoms with Crippen molar-refractivity contribution in [1.29, 1.82) is 0 Å². The van der Waals surface area contributed by atoms with Crippen LogP contribution in [0.2, 0.25) is 0 Å². The molecule has 1 aliphatic carbocycles. The highest BCUT2D eigenvalue weighted by atomic mass is 127. The van der Waals surface area contributed by atoms with Crippen molar-refractivity contribution in [2.45, 2.75) is 45.1 Å². The number of rotatable bonds is 5. The Morgan fingerprint density at radius 1 is 1.35 bits per heavy atom. The summed E-state index contributed by atoms with van der Waals surface area (Å²) in [7, 11) is 1.63. The second kappa shape index (κ2) is 8.93. The second-order valence-electron chi connectivity index (χ2n) is 6.31. The van der Waals surface area contributed by atoms with E-state index < -0.39 is 0 Å². The summed E-state index contributed by atoms with van der Waals surface area (Å²) in [4.78, 5) is 15.5. The van der Waals surface area contributed by atoms with Crippen LogP contribution in [0.25, 0.3) is 6.08 Å². The molecule has 2 fully saturated rings. The zero-order chi connectivity index (χ0) is 18.7. The van der Waals surface area contributed by atoms with E-state index >= 15 is 0 Å². The Labute approximate surface area is 177 Å². The fourth-order valence-corrected chi connectivity index (χ4v) is 5.66. The van der Waals surface area contributed by atoms with Crippen LogP contribution in [0.1, 0.15) is 44.6 Å². The van der Waals surface area contributed by atoms with Gasteiger partial charge in [-0.15, -0.1) is 0 Å². The van der Waals surface area contributed by atoms with Gasteiger partial charge in [-0.05, 0) is 66.1 Å². The highest BCUT2D eigenvalue weighted by molar-refractivity contribution is 14.1. The lowest BCUT2D eigenvalue weighted by Crippen LogP contribution is -2.39. The third-order valence-electron chi connectivity index (χ3n) is 4.60. The summed E-state index contributed by atoms with van der Waals surface area (Å²) in [6.45, 7) is 2.49. The fraction of sp³-hybridized carbons (Fsp3) is 0.474. The lowest BCUT2D eigenvalue weighted by molar-refractivity contribution is -0.124. The predicted octanol–water partition coefficient (Wildman–Crippen LogP) is 5.23. The summed E-state index contributed by atoms with van der Waals surface area (Å²) < 4.78 is 12.8. The smallest absolute Gasteiger partial charge is 0.266 e. The second-order valence-corrected chi connectivity index (χ2v) is 9.15. The number of carbonyl (C=O) groups excluding carboxylic acids is 1. The van der Waals surface area contributed by atoms with Crippen molar-refractivity contribution in [2.24, 2.45) is 0 Å². The molecule has 1 aromatic rings. The van der Waals surface area contributed by atoms with E-state index in [9.17, 15) is 4.79 Å². The Hall–Kier alpha value is -0.800. The molecule has 1 saturated carbocycles. The number of halogens is 1. The molecular weight excluding hydrogens is 481 g/mol.